The van der Waals surface area contributed by atoms with Crippen molar-refractivity contribution in [3.63, 3.8) is 0 Å². The SMILES string of the molecule is CCCCCCCCCCCCCCC(CCCCCCCCCCCCCC)OC(=O)NCCCOC(C)(C)CCOC(C)(C)C. The van der Waals surface area contributed by atoms with Gasteiger partial charge < -0.3 is 19.5 Å². The van der Waals surface area contributed by atoms with Crippen LogP contribution >= 0.6 is 0 Å². The van der Waals surface area contributed by atoms with Crippen molar-refractivity contribution in [3.8, 4) is 0 Å². The van der Waals surface area contributed by atoms with Gasteiger partial charge in [-0.05, 0) is 73.1 Å². The Hall–Kier alpha value is -0.810. The molecule has 0 atom stereocenters. The molecule has 1 amide bonds. The van der Waals surface area contributed by atoms with Gasteiger partial charge in [0.25, 0.3) is 0 Å². The van der Waals surface area contributed by atoms with E-state index in [0.29, 0.717) is 19.8 Å². The minimum absolute atomic E-state index is 0.0410. The Morgan fingerprint density at radius 1 is 0.511 bits per heavy atom. The second-order valence-electron chi connectivity index (χ2n) is 16.0. The number of hydrogen-bond donors (Lipinski definition) is 1. The lowest BCUT2D eigenvalue weighted by Gasteiger charge is -2.28. The molecule has 1 N–H and O–H groups in total. The first kappa shape index (κ1) is 46.2. The number of nitrogens with one attached hydrogen (secondary N) is 1. The lowest BCUT2D eigenvalue weighted by Crippen LogP contribution is -2.32. The molecule has 0 heterocycles. The standard InChI is InChI=1S/C42H85NO4/c1-8-10-12-14-16-18-20-22-24-26-28-30-33-39(34-31-29-27-25-23-21-19-17-15-13-11-9-2)47-40(44)43-36-32-37-46-42(6,7)35-38-45-41(3,4)5/h39H,8-38H2,1-7H3,(H,43,44). The van der Waals surface area contributed by atoms with Crippen molar-refractivity contribution < 1.29 is 19.0 Å². The molecule has 0 aliphatic carbocycles. The van der Waals surface area contributed by atoms with Gasteiger partial charge in [0, 0.05) is 19.8 Å². The van der Waals surface area contributed by atoms with Crippen LogP contribution in [0.4, 0.5) is 4.79 Å². The summed E-state index contributed by atoms with van der Waals surface area (Å²) in [6.45, 7) is 16.9. The minimum Gasteiger partial charge on any atom is -0.446 e. The smallest absolute Gasteiger partial charge is 0.407 e. The number of unbranched alkanes of at least 4 members (excludes halogenated alkanes) is 22. The van der Waals surface area contributed by atoms with Crippen LogP contribution in [0.25, 0.3) is 0 Å². The lowest BCUT2D eigenvalue weighted by atomic mass is 10.0. The maximum Gasteiger partial charge on any atom is 0.407 e. The number of rotatable bonds is 35. The second-order valence-corrected chi connectivity index (χ2v) is 16.0. The first-order chi connectivity index (χ1) is 22.6. The van der Waals surface area contributed by atoms with Crippen LogP contribution in [0.1, 0.15) is 228 Å². The van der Waals surface area contributed by atoms with Crippen LogP contribution in [0.3, 0.4) is 0 Å². The summed E-state index contributed by atoms with van der Waals surface area (Å²) in [6.07, 6.45) is 35.9. The van der Waals surface area contributed by atoms with Crippen molar-refractivity contribution in [2.75, 3.05) is 19.8 Å². The predicted molar refractivity (Wildman–Crippen MR) is 205 cm³/mol. The summed E-state index contributed by atoms with van der Waals surface area (Å²) in [7, 11) is 0. The van der Waals surface area contributed by atoms with Gasteiger partial charge in [-0.1, -0.05) is 155 Å². The molecule has 0 unspecified atom stereocenters. The van der Waals surface area contributed by atoms with Crippen LogP contribution in [-0.4, -0.2) is 43.2 Å². The molecular formula is C42H85NO4. The third-order valence-electron chi connectivity index (χ3n) is 9.36. The van der Waals surface area contributed by atoms with Crippen LogP contribution in [0, 0.1) is 0 Å². The van der Waals surface area contributed by atoms with E-state index in [1.165, 1.54) is 141 Å². The lowest BCUT2D eigenvalue weighted by molar-refractivity contribution is -0.0667. The zero-order chi connectivity index (χ0) is 34.9. The summed E-state index contributed by atoms with van der Waals surface area (Å²) in [5.41, 5.74) is -0.364. The molecule has 0 spiro atoms. The summed E-state index contributed by atoms with van der Waals surface area (Å²) in [5.74, 6) is 0. The Kier molecular flexibility index (Phi) is 31.8. The second kappa shape index (κ2) is 32.4. The fourth-order valence-corrected chi connectivity index (χ4v) is 6.17. The number of hydrogen-bond acceptors (Lipinski definition) is 4. The molecule has 0 fully saturated rings. The molecule has 282 valence electrons. The van der Waals surface area contributed by atoms with Gasteiger partial charge in [0.1, 0.15) is 6.10 Å². The maximum absolute atomic E-state index is 12.7. The molecule has 47 heavy (non-hydrogen) atoms. The molecule has 0 aliphatic rings. The molecule has 0 aromatic heterocycles. The van der Waals surface area contributed by atoms with Gasteiger partial charge in [0.2, 0.25) is 0 Å². The van der Waals surface area contributed by atoms with Crippen LogP contribution in [-0.2, 0) is 14.2 Å². The summed E-state index contributed by atoms with van der Waals surface area (Å²) >= 11 is 0. The average molecular weight is 668 g/mol. The highest BCUT2D eigenvalue weighted by Crippen LogP contribution is 2.20. The van der Waals surface area contributed by atoms with Gasteiger partial charge in [-0.2, -0.15) is 0 Å². The van der Waals surface area contributed by atoms with Crippen molar-refractivity contribution in [1.82, 2.24) is 5.32 Å². The van der Waals surface area contributed by atoms with Gasteiger partial charge in [0.05, 0.1) is 11.2 Å². The Morgan fingerprint density at radius 3 is 1.28 bits per heavy atom. The van der Waals surface area contributed by atoms with Crippen LogP contribution in [0.5, 0.6) is 0 Å². The normalized spacial score (nSPS) is 12.3. The summed E-state index contributed by atoms with van der Waals surface area (Å²) in [5, 5.41) is 2.99. The highest BCUT2D eigenvalue weighted by Gasteiger charge is 2.20. The molecule has 0 aliphatic heterocycles. The number of amides is 1. The maximum atomic E-state index is 12.7. The van der Waals surface area contributed by atoms with Crippen molar-refractivity contribution >= 4 is 6.09 Å². The first-order valence-corrected chi connectivity index (χ1v) is 20.8. The third-order valence-corrected chi connectivity index (χ3v) is 9.36. The highest BCUT2D eigenvalue weighted by molar-refractivity contribution is 5.67. The van der Waals surface area contributed by atoms with Gasteiger partial charge in [-0.15, -0.1) is 0 Å². The van der Waals surface area contributed by atoms with E-state index in [-0.39, 0.29) is 23.4 Å². The van der Waals surface area contributed by atoms with E-state index in [4.69, 9.17) is 14.2 Å². The third kappa shape index (κ3) is 36.3. The Morgan fingerprint density at radius 2 is 0.894 bits per heavy atom. The van der Waals surface area contributed by atoms with Gasteiger partial charge in [0.15, 0.2) is 0 Å². The zero-order valence-electron chi connectivity index (χ0n) is 33.1. The molecule has 5 heteroatoms. The average Bonchev–Trinajstić information content (AvgIpc) is 3.01. The zero-order valence-corrected chi connectivity index (χ0v) is 33.1. The molecule has 0 rings (SSSR count). The minimum atomic E-state index is -0.259. The Bertz CT molecular complexity index is 632. The van der Waals surface area contributed by atoms with E-state index in [9.17, 15) is 4.79 Å². The predicted octanol–water partition coefficient (Wildman–Crippen LogP) is 13.7. The highest BCUT2D eigenvalue weighted by atomic mass is 16.6. The first-order valence-electron chi connectivity index (χ1n) is 20.8. The van der Waals surface area contributed by atoms with Crippen molar-refractivity contribution in [3.05, 3.63) is 0 Å². The van der Waals surface area contributed by atoms with Gasteiger partial charge >= 0.3 is 6.09 Å². The molecule has 0 bridgehead atoms. The Labute approximate surface area is 295 Å². The van der Waals surface area contributed by atoms with Gasteiger partial charge in [-0.25, -0.2) is 4.79 Å². The summed E-state index contributed by atoms with van der Waals surface area (Å²) in [6, 6.07) is 0. The molecular weight excluding hydrogens is 582 g/mol. The number of ether oxygens (including phenoxy) is 3. The fraction of sp³-hybridized carbons (Fsp3) is 0.976. The molecule has 5 nitrogen and oxygen atoms in total. The molecule has 0 radical (unpaired) electrons. The van der Waals surface area contributed by atoms with Crippen LogP contribution < -0.4 is 5.32 Å². The van der Waals surface area contributed by atoms with Crippen LogP contribution in [0.2, 0.25) is 0 Å². The van der Waals surface area contributed by atoms with E-state index < -0.39 is 0 Å². The molecule has 0 aromatic carbocycles. The monoisotopic (exact) mass is 668 g/mol. The van der Waals surface area contributed by atoms with E-state index in [1.54, 1.807) is 0 Å². The summed E-state index contributed by atoms with van der Waals surface area (Å²) < 4.78 is 17.9. The topological polar surface area (TPSA) is 56.8 Å². The fourth-order valence-electron chi connectivity index (χ4n) is 6.17. The molecule has 0 saturated carbocycles. The Balaban J connectivity index is 4.26. The van der Waals surface area contributed by atoms with Crippen molar-refractivity contribution in [1.29, 1.82) is 0 Å². The number of carbonyl (C=O) groups excluding carboxylic acids is 1. The van der Waals surface area contributed by atoms with E-state index in [1.807, 2.05) is 0 Å². The van der Waals surface area contributed by atoms with Crippen molar-refractivity contribution in [2.45, 2.75) is 246 Å². The van der Waals surface area contributed by atoms with E-state index >= 15 is 0 Å². The van der Waals surface area contributed by atoms with E-state index in [0.717, 1.165) is 38.5 Å². The van der Waals surface area contributed by atoms with Crippen molar-refractivity contribution in [2.24, 2.45) is 0 Å². The largest absolute Gasteiger partial charge is 0.446 e. The van der Waals surface area contributed by atoms with Crippen LogP contribution in [0.15, 0.2) is 0 Å². The quantitative estimate of drug-likeness (QED) is 0.0683. The van der Waals surface area contributed by atoms with E-state index in [2.05, 4.69) is 53.8 Å². The number of carbonyl (C=O) groups is 1. The summed E-state index contributed by atoms with van der Waals surface area (Å²) in [4.78, 5) is 12.7. The number of alkyl carbamates (subject to hydrolysis) is 1. The van der Waals surface area contributed by atoms with Gasteiger partial charge in [-0.3, -0.25) is 0 Å². The molecule has 0 saturated heterocycles. The molecule has 0 aromatic rings.